The highest BCUT2D eigenvalue weighted by Gasteiger charge is 2.26. The van der Waals surface area contributed by atoms with Crippen molar-refractivity contribution in [3.05, 3.63) is 47.0 Å². The van der Waals surface area contributed by atoms with Gasteiger partial charge in [-0.25, -0.2) is 9.07 Å². The van der Waals surface area contributed by atoms with Crippen molar-refractivity contribution >= 4 is 5.91 Å². The number of rotatable bonds is 7. The van der Waals surface area contributed by atoms with Crippen LogP contribution in [0.1, 0.15) is 41.5 Å². The molecule has 1 aromatic carbocycles. The predicted octanol–water partition coefficient (Wildman–Crippen LogP) is 2.66. The fourth-order valence-electron chi connectivity index (χ4n) is 3.02. The number of halogens is 1. The van der Waals surface area contributed by atoms with Crippen LogP contribution in [0.3, 0.4) is 0 Å². The number of ether oxygens (including phenoxy) is 1. The number of fused-ring (bicyclic) bond motifs is 1. The molecule has 5 nitrogen and oxygen atoms in total. The molecule has 2 aromatic rings. The van der Waals surface area contributed by atoms with E-state index in [1.54, 1.807) is 16.8 Å². The second-order valence-corrected chi connectivity index (χ2v) is 5.82. The van der Waals surface area contributed by atoms with E-state index in [2.05, 4.69) is 10.4 Å². The average Bonchev–Trinajstić information content (AvgIpc) is 3.18. The van der Waals surface area contributed by atoms with Crippen LogP contribution in [0.15, 0.2) is 24.3 Å². The third-order valence-electron chi connectivity index (χ3n) is 4.17. The largest absolute Gasteiger partial charge is 0.382 e. The monoisotopic (exact) mass is 331 g/mol. The first kappa shape index (κ1) is 16.6. The van der Waals surface area contributed by atoms with Crippen LogP contribution < -0.4 is 5.32 Å². The van der Waals surface area contributed by atoms with E-state index in [4.69, 9.17) is 4.74 Å². The van der Waals surface area contributed by atoms with Crippen LogP contribution in [0.2, 0.25) is 0 Å². The molecule has 1 aliphatic rings. The van der Waals surface area contributed by atoms with Crippen molar-refractivity contribution in [1.82, 2.24) is 15.1 Å². The van der Waals surface area contributed by atoms with Gasteiger partial charge in [0, 0.05) is 31.0 Å². The van der Waals surface area contributed by atoms with Gasteiger partial charge in [-0.2, -0.15) is 5.10 Å². The smallest absolute Gasteiger partial charge is 0.272 e. The maximum Gasteiger partial charge on any atom is 0.272 e. The third kappa shape index (κ3) is 3.48. The highest BCUT2D eigenvalue weighted by Crippen LogP contribution is 2.27. The molecule has 0 unspecified atom stereocenters. The lowest BCUT2D eigenvalue weighted by molar-refractivity contribution is 0.0938. The summed E-state index contributed by atoms with van der Waals surface area (Å²) >= 11 is 0. The van der Waals surface area contributed by atoms with E-state index in [1.165, 1.54) is 12.1 Å². The zero-order valence-corrected chi connectivity index (χ0v) is 13.8. The molecule has 1 amide bonds. The first-order valence-corrected chi connectivity index (χ1v) is 8.43. The summed E-state index contributed by atoms with van der Waals surface area (Å²) in [4.78, 5) is 12.4. The summed E-state index contributed by atoms with van der Waals surface area (Å²) in [6.45, 7) is 3.84. The SMILES string of the molecule is CCOCCCNC(=O)c1nn(-c2ccc(F)cc2)c2c1CCC2. The molecule has 0 atom stereocenters. The number of benzene rings is 1. The number of amides is 1. The Labute approximate surface area is 140 Å². The summed E-state index contributed by atoms with van der Waals surface area (Å²) < 4.78 is 20.2. The Morgan fingerprint density at radius 2 is 2.12 bits per heavy atom. The summed E-state index contributed by atoms with van der Waals surface area (Å²) in [5.74, 6) is -0.430. The molecule has 0 aliphatic heterocycles. The van der Waals surface area contributed by atoms with E-state index in [0.29, 0.717) is 25.5 Å². The molecule has 6 heteroatoms. The molecule has 0 radical (unpaired) electrons. The Morgan fingerprint density at radius 3 is 2.88 bits per heavy atom. The first-order chi connectivity index (χ1) is 11.7. The summed E-state index contributed by atoms with van der Waals surface area (Å²) in [5, 5.41) is 7.40. The van der Waals surface area contributed by atoms with Crippen molar-refractivity contribution < 1.29 is 13.9 Å². The summed E-state index contributed by atoms with van der Waals surface area (Å²) in [6.07, 6.45) is 3.54. The maximum absolute atomic E-state index is 13.1. The number of nitrogens with one attached hydrogen (secondary N) is 1. The molecule has 0 saturated heterocycles. The topological polar surface area (TPSA) is 56.1 Å². The molecule has 0 saturated carbocycles. The van der Waals surface area contributed by atoms with Crippen LogP contribution in [-0.4, -0.2) is 35.4 Å². The van der Waals surface area contributed by atoms with Gasteiger partial charge in [0.1, 0.15) is 5.82 Å². The zero-order valence-electron chi connectivity index (χ0n) is 13.8. The van der Waals surface area contributed by atoms with Gasteiger partial charge in [-0.3, -0.25) is 4.79 Å². The van der Waals surface area contributed by atoms with Crippen molar-refractivity contribution in [3.8, 4) is 5.69 Å². The second kappa shape index (κ2) is 7.57. The summed E-state index contributed by atoms with van der Waals surface area (Å²) in [5.41, 5.74) is 3.34. The van der Waals surface area contributed by atoms with Crippen LogP contribution in [0, 0.1) is 5.82 Å². The Bertz CT molecular complexity index is 710. The summed E-state index contributed by atoms with van der Waals surface area (Å²) in [6, 6.07) is 6.19. The van der Waals surface area contributed by atoms with Crippen LogP contribution >= 0.6 is 0 Å². The van der Waals surface area contributed by atoms with E-state index in [-0.39, 0.29) is 11.7 Å². The van der Waals surface area contributed by atoms with E-state index < -0.39 is 0 Å². The van der Waals surface area contributed by atoms with Crippen molar-refractivity contribution in [3.63, 3.8) is 0 Å². The average molecular weight is 331 g/mol. The first-order valence-electron chi connectivity index (χ1n) is 8.43. The molecule has 1 N–H and O–H groups in total. The molecule has 0 fully saturated rings. The zero-order chi connectivity index (χ0) is 16.9. The van der Waals surface area contributed by atoms with Crippen LogP contribution in [-0.2, 0) is 17.6 Å². The van der Waals surface area contributed by atoms with E-state index in [9.17, 15) is 9.18 Å². The number of nitrogens with zero attached hydrogens (tertiary/aromatic N) is 2. The van der Waals surface area contributed by atoms with Gasteiger partial charge in [-0.1, -0.05) is 0 Å². The Balaban J connectivity index is 1.76. The lowest BCUT2D eigenvalue weighted by atomic mass is 10.2. The number of carbonyl (C=O) groups excluding carboxylic acids is 1. The van der Waals surface area contributed by atoms with Crippen LogP contribution in [0.5, 0.6) is 0 Å². The standard InChI is InChI=1S/C18H22FN3O2/c1-2-24-12-4-11-20-18(23)17-15-5-3-6-16(15)22(21-17)14-9-7-13(19)8-10-14/h7-10H,2-6,11-12H2,1H3,(H,20,23). The van der Waals surface area contributed by atoms with Gasteiger partial charge in [0.25, 0.3) is 5.91 Å². The highest BCUT2D eigenvalue weighted by atomic mass is 19.1. The number of hydrogen-bond acceptors (Lipinski definition) is 3. The minimum atomic E-state index is -0.283. The molecular formula is C18H22FN3O2. The Kier molecular flexibility index (Phi) is 5.25. The number of hydrogen-bond donors (Lipinski definition) is 1. The summed E-state index contributed by atoms with van der Waals surface area (Å²) in [7, 11) is 0. The molecule has 1 heterocycles. The minimum Gasteiger partial charge on any atom is -0.382 e. The lowest BCUT2D eigenvalue weighted by Gasteiger charge is -2.05. The molecular weight excluding hydrogens is 309 g/mol. The van der Waals surface area contributed by atoms with Crippen LogP contribution in [0.4, 0.5) is 4.39 Å². The van der Waals surface area contributed by atoms with Gasteiger partial charge in [0.05, 0.1) is 5.69 Å². The van der Waals surface area contributed by atoms with Gasteiger partial charge >= 0.3 is 0 Å². The van der Waals surface area contributed by atoms with Crippen molar-refractivity contribution in [1.29, 1.82) is 0 Å². The minimum absolute atomic E-state index is 0.148. The van der Waals surface area contributed by atoms with E-state index in [1.807, 2.05) is 6.92 Å². The van der Waals surface area contributed by atoms with Gasteiger partial charge < -0.3 is 10.1 Å². The normalized spacial score (nSPS) is 13.1. The van der Waals surface area contributed by atoms with Gasteiger partial charge in [-0.05, 0) is 56.9 Å². The van der Waals surface area contributed by atoms with Gasteiger partial charge in [-0.15, -0.1) is 0 Å². The number of aromatic nitrogens is 2. The predicted molar refractivity (Wildman–Crippen MR) is 89.0 cm³/mol. The van der Waals surface area contributed by atoms with E-state index in [0.717, 1.165) is 42.6 Å². The van der Waals surface area contributed by atoms with Crippen LogP contribution in [0.25, 0.3) is 5.69 Å². The quantitative estimate of drug-likeness (QED) is 0.794. The second-order valence-electron chi connectivity index (χ2n) is 5.82. The van der Waals surface area contributed by atoms with E-state index >= 15 is 0 Å². The molecule has 0 spiro atoms. The highest BCUT2D eigenvalue weighted by molar-refractivity contribution is 5.94. The molecule has 0 bridgehead atoms. The fraction of sp³-hybridized carbons (Fsp3) is 0.444. The molecule has 1 aliphatic carbocycles. The molecule has 3 rings (SSSR count). The van der Waals surface area contributed by atoms with Crippen molar-refractivity contribution in [2.75, 3.05) is 19.8 Å². The third-order valence-corrected chi connectivity index (χ3v) is 4.17. The van der Waals surface area contributed by atoms with Crippen molar-refractivity contribution in [2.24, 2.45) is 0 Å². The van der Waals surface area contributed by atoms with Gasteiger partial charge in [0.15, 0.2) is 5.69 Å². The van der Waals surface area contributed by atoms with Gasteiger partial charge in [0.2, 0.25) is 0 Å². The molecule has 128 valence electrons. The fourth-order valence-corrected chi connectivity index (χ4v) is 3.02. The number of carbonyl (C=O) groups is 1. The Hall–Kier alpha value is -2.21. The molecule has 1 aromatic heterocycles. The molecule has 24 heavy (non-hydrogen) atoms. The lowest BCUT2D eigenvalue weighted by Crippen LogP contribution is -2.26. The Morgan fingerprint density at radius 1 is 1.33 bits per heavy atom. The maximum atomic E-state index is 13.1. The van der Waals surface area contributed by atoms with Crippen molar-refractivity contribution in [2.45, 2.75) is 32.6 Å².